The van der Waals surface area contributed by atoms with E-state index in [2.05, 4.69) is 12.2 Å². The second-order valence-corrected chi connectivity index (χ2v) is 10.2. The molecule has 0 saturated heterocycles. The summed E-state index contributed by atoms with van der Waals surface area (Å²) >= 11 is 1.40. The van der Waals surface area contributed by atoms with Crippen LogP contribution in [0.15, 0.2) is 29.2 Å². The summed E-state index contributed by atoms with van der Waals surface area (Å²) in [5, 5.41) is 3.27. The van der Waals surface area contributed by atoms with E-state index in [-0.39, 0.29) is 17.1 Å². The molecule has 0 saturated carbocycles. The third-order valence-corrected chi connectivity index (χ3v) is 7.02. The zero-order chi connectivity index (χ0) is 20.5. The number of rotatable bonds is 5. The van der Waals surface area contributed by atoms with E-state index in [1.807, 2.05) is 0 Å². The third kappa shape index (κ3) is 4.28. The fraction of sp³-hybridized carbons (Fsp3) is 0.400. The molecule has 1 aliphatic rings. The molecule has 28 heavy (non-hydrogen) atoms. The quantitative estimate of drug-likeness (QED) is 0.744. The van der Waals surface area contributed by atoms with Gasteiger partial charge in [0.1, 0.15) is 5.00 Å². The van der Waals surface area contributed by atoms with Gasteiger partial charge in [0, 0.05) is 16.7 Å². The molecule has 6 nitrogen and oxygen atoms in total. The van der Waals surface area contributed by atoms with Crippen molar-refractivity contribution in [1.29, 1.82) is 0 Å². The summed E-state index contributed by atoms with van der Waals surface area (Å²) in [5.41, 5.74) is 1.61. The third-order valence-electron chi connectivity index (χ3n) is 4.74. The van der Waals surface area contributed by atoms with Crippen molar-refractivity contribution >= 4 is 38.1 Å². The van der Waals surface area contributed by atoms with E-state index in [9.17, 15) is 18.0 Å². The first kappa shape index (κ1) is 20.5. The van der Waals surface area contributed by atoms with Crippen molar-refractivity contribution in [3.05, 3.63) is 45.8 Å². The van der Waals surface area contributed by atoms with E-state index in [1.165, 1.54) is 29.5 Å². The Hall–Kier alpha value is -2.19. The molecule has 8 heteroatoms. The minimum atomic E-state index is -3.42. The summed E-state index contributed by atoms with van der Waals surface area (Å²) in [4.78, 5) is 26.5. The van der Waals surface area contributed by atoms with Gasteiger partial charge in [0.25, 0.3) is 5.91 Å². The fourth-order valence-corrected chi connectivity index (χ4v) is 5.36. The Bertz CT molecular complexity index is 1020. The van der Waals surface area contributed by atoms with E-state index < -0.39 is 21.7 Å². The highest BCUT2D eigenvalue weighted by molar-refractivity contribution is 7.90. The number of sulfone groups is 1. The van der Waals surface area contributed by atoms with E-state index in [1.54, 1.807) is 13.0 Å². The van der Waals surface area contributed by atoms with Crippen LogP contribution in [0.3, 0.4) is 0 Å². The molecule has 0 spiro atoms. The summed E-state index contributed by atoms with van der Waals surface area (Å²) in [7, 11) is -3.42. The Morgan fingerprint density at radius 2 is 2.07 bits per heavy atom. The van der Waals surface area contributed by atoms with Crippen LogP contribution in [0.25, 0.3) is 0 Å². The van der Waals surface area contributed by atoms with Gasteiger partial charge < -0.3 is 10.1 Å². The molecular weight excluding hydrogens is 398 g/mol. The average Bonchev–Trinajstić information content (AvgIpc) is 2.98. The van der Waals surface area contributed by atoms with Gasteiger partial charge in [0.2, 0.25) is 0 Å². The Kier molecular flexibility index (Phi) is 5.90. The van der Waals surface area contributed by atoms with Gasteiger partial charge in [-0.15, -0.1) is 11.3 Å². The lowest BCUT2D eigenvalue weighted by Crippen LogP contribution is -2.17. The summed E-state index contributed by atoms with van der Waals surface area (Å²) < 4.78 is 28.7. The maximum Gasteiger partial charge on any atom is 0.341 e. The number of hydrogen-bond donors (Lipinski definition) is 1. The number of thiophene rings is 1. The maximum absolute atomic E-state index is 12.8. The highest BCUT2D eigenvalue weighted by Crippen LogP contribution is 2.40. The predicted octanol–water partition coefficient (Wildman–Crippen LogP) is 3.71. The first-order valence-corrected chi connectivity index (χ1v) is 11.8. The van der Waals surface area contributed by atoms with Crippen molar-refractivity contribution < 1.29 is 22.7 Å². The molecule has 0 fully saturated rings. The van der Waals surface area contributed by atoms with Crippen LogP contribution in [-0.4, -0.2) is 33.2 Å². The number of nitrogens with one attached hydrogen (secondary N) is 1. The van der Waals surface area contributed by atoms with Crippen molar-refractivity contribution in [2.75, 3.05) is 18.2 Å². The molecule has 1 N–H and O–H groups in total. The summed E-state index contributed by atoms with van der Waals surface area (Å²) in [5.74, 6) is -0.367. The van der Waals surface area contributed by atoms with Crippen LogP contribution >= 0.6 is 11.3 Å². The smallest absolute Gasteiger partial charge is 0.341 e. The van der Waals surface area contributed by atoms with Crippen molar-refractivity contribution in [3.8, 4) is 0 Å². The number of esters is 1. The van der Waals surface area contributed by atoms with Crippen LogP contribution in [-0.2, 0) is 27.4 Å². The van der Waals surface area contributed by atoms with Crippen LogP contribution < -0.4 is 5.32 Å². The highest BCUT2D eigenvalue weighted by Gasteiger charge is 2.29. The Morgan fingerprint density at radius 1 is 1.32 bits per heavy atom. The highest BCUT2D eigenvalue weighted by atomic mass is 32.2. The topological polar surface area (TPSA) is 89.5 Å². The molecule has 1 aromatic heterocycles. The SMILES string of the molecule is CCOC(=O)c1c(NC(=O)c2cccc(S(C)(=O)=O)c2)sc2c1CC[C@@H](C)C2. The first-order chi connectivity index (χ1) is 13.2. The van der Waals surface area contributed by atoms with Crippen molar-refractivity contribution in [2.24, 2.45) is 5.92 Å². The van der Waals surface area contributed by atoms with Crippen molar-refractivity contribution in [3.63, 3.8) is 0 Å². The van der Waals surface area contributed by atoms with Crippen LogP contribution in [0.4, 0.5) is 5.00 Å². The van der Waals surface area contributed by atoms with Gasteiger partial charge in [-0.2, -0.15) is 0 Å². The maximum atomic E-state index is 12.8. The Morgan fingerprint density at radius 3 is 2.75 bits per heavy atom. The number of anilines is 1. The number of benzene rings is 1. The first-order valence-electron chi connectivity index (χ1n) is 9.13. The minimum Gasteiger partial charge on any atom is -0.462 e. The number of carbonyl (C=O) groups excluding carboxylic acids is 2. The number of fused-ring (bicyclic) bond motifs is 1. The van der Waals surface area contributed by atoms with Gasteiger partial charge in [-0.3, -0.25) is 4.79 Å². The lowest BCUT2D eigenvalue weighted by molar-refractivity contribution is 0.0526. The predicted molar refractivity (Wildman–Crippen MR) is 109 cm³/mol. The van der Waals surface area contributed by atoms with Crippen LogP contribution in [0.5, 0.6) is 0 Å². The number of carbonyl (C=O) groups is 2. The van der Waals surface area contributed by atoms with E-state index in [4.69, 9.17) is 4.74 Å². The Labute approximate surface area is 168 Å². The molecule has 3 rings (SSSR count). The molecule has 0 unspecified atom stereocenters. The van der Waals surface area contributed by atoms with Crippen molar-refractivity contribution in [2.45, 2.75) is 38.0 Å². The minimum absolute atomic E-state index is 0.0741. The molecule has 1 heterocycles. The summed E-state index contributed by atoms with van der Waals surface area (Å²) in [6.07, 6.45) is 3.73. The number of amides is 1. The summed E-state index contributed by atoms with van der Waals surface area (Å²) in [6.45, 7) is 4.17. The largest absolute Gasteiger partial charge is 0.462 e. The number of ether oxygens (including phenoxy) is 1. The number of hydrogen-bond acceptors (Lipinski definition) is 6. The van der Waals surface area contributed by atoms with Gasteiger partial charge in [0.05, 0.1) is 17.1 Å². The molecular formula is C20H23NO5S2. The van der Waals surface area contributed by atoms with Crippen LogP contribution in [0.2, 0.25) is 0 Å². The molecule has 1 atom stereocenters. The molecule has 150 valence electrons. The monoisotopic (exact) mass is 421 g/mol. The second-order valence-electron chi connectivity index (χ2n) is 7.03. The van der Waals surface area contributed by atoms with E-state index >= 15 is 0 Å². The molecule has 1 aliphatic carbocycles. The molecule has 0 aliphatic heterocycles. The lowest BCUT2D eigenvalue weighted by Gasteiger charge is -2.18. The fourth-order valence-electron chi connectivity index (χ4n) is 3.30. The summed E-state index contributed by atoms with van der Waals surface area (Å²) in [6, 6.07) is 5.86. The van der Waals surface area contributed by atoms with E-state index in [0.717, 1.165) is 36.0 Å². The standard InChI is InChI=1S/C20H23NO5S2/c1-4-26-20(23)17-15-9-8-12(2)10-16(15)27-19(17)21-18(22)13-6-5-7-14(11-13)28(3,24)25/h5-7,11-12H,4,8-10H2,1-3H3,(H,21,22)/t12-/m1/s1. The van der Waals surface area contributed by atoms with E-state index in [0.29, 0.717) is 16.5 Å². The normalized spacial score (nSPS) is 16.3. The van der Waals surface area contributed by atoms with Gasteiger partial charge in [-0.25, -0.2) is 13.2 Å². The van der Waals surface area contributed by atoms with Crippen LogP contribution in [0, 0.1) is 5.92 Å². The zero-order valence-corrected chi connectivity index (χ0v) is 17.7. The average molecular weight is 422 g/mol. The van der Waals surface area contributed by atoms with Gasteiger partial charge >= 0.3 is 5.97 Å². The Balaban J connectivity index is 1.96. The van der Waals surface area contributed by atoms with Gasteiger partial charge in [-0.1, -0.05) is 13.0 Å². The molecule has 1 amide bonds. The zero-order valence-electron chi connectivity index (χ0n) is 16.1. The van der Waals surface area contributed by atoms with Crippen LogP contribution in [0.1, 0.15) is 51.4 Å². The molecule has 0 radical (unpaired) electrons. The lowest BCUT2D eigenvalue weighted by atomic mass is 9.88. The second kappa shape index (κ2) is 8.05. The molecule has 1 aromatic carbocycles. The van der Waals surface area contributed by atoms with Gasteiger partial charge in [0.15, 0.2) is 9.84 Å². The van der Waals surface area contributed by atoms with Gasteiger partial charge in [-0.05, 0) is 55.9 Å². The molecule has 0 bridgehead atoms. The molecule has 2 aromatic rings. The van der Waals surface area contributed by atoms with Crippen molar-refractivity contribution in [1.82, 2.24) is 0 Å².